The topological polar surface area (TPSA) is 65.7 Å². The SMILES string of the molecule is Cc1nc(-c2ccc(N3CCCC(Cc4cccnc4N4CCN(C)CC4)C3=O)cc2)c(C)o1. The molecule has 1 atom stereocenters. The van der Waals surface area contributed by atoms with E-state index in [9.17, 15) is 4.79 Å². The highest BCUT2D eigenvalue weighted by atomic mass is 16.4. The fourth-order valence-corrected chi connectivity index (χ4v) is 5.15. The third kappa shape index (κ3) is 4.57. The fourth-order valence-electron chi connectivity index (χ4n) is 5.15. The van der Waals surface area contributed by atoms with Gasteiger partial charge in [-0.25, -0.2) is 9.97 Å². The average molecular weight is 460 g/mol. The van der Waals surface area contributed by atoms with Crippen LogP contribution in [0.15, 0.2) is 47.0 Å². The molecule has 0 saturated carbocycles. The van der Waals surface area contributed by atoms with Gasteiger partial charge in [-0.3, -0.25) is 4.79 Å². The number of likely N-dealkylation sites (N-methyl/N-ethyl adjacent to an activating group) is 1. The molecule has 2 saturated heterocycles. The predicted molar refractivity (Wildman–Crippen MR) is 134 cm³/mol. The zero-order valence-electron chi connectivity index (χ0n) is 20.3. The summed E-state index contributed by atoms with van der Waals surface area (Å²) in [5.74, 6) is 2.71. The van der Waals surface area contributed by atoms with Crippen molar-refractivity contribution in [1.82, 2.24) is 14.9 Å². The van der Waals surface area contributed by atoms with E-state index in [2.05, 4.69) is 27.9 Å². The van der Waals surface area contributed by atoms with E-state index in [0.717, 1.165) is 80.5 Å². The minimum Gasteiger partial charge on any atom is -0.446 e. The lowest BCUT2D eigenvalue weighted by atomic mass is 9.90. The van der Waals surface area contributed by atoms with Gasteiger partial charge in [0.1, 0.15) is 17.3 Å². The van der Waals surface area contributed by atoms with Gasteiger partial charge in [0.05, 0.1) is 0 Å². The van der Waals surface area contributed by atoms with E-state index in [1.165, 1.54) is 5.56 Å². The van der Waals surface area contributed by atoms with E-state index in [1.807, 2.05) is 55.3 Å². The monoisotopic (exact) mass is 459 g/mol. The average Bonchev–Trinajstić information content (AvgIpc) is 3.19. The summed E-state index contributed by atoms with van der Waals surface area (Å²) < 4.78 is 5.58. The predicted octanol–water partition coefficient (Wildman–Crippen LogP) is 4.09. The number of oxazole rings is 1. The second-order valence-electron chi connectivity index (χ2n) is 9.49. The lowest BCUT2D eigenvalue weighted by molar-refractivity contribution is -0.123. The molecule has 178 valence electrons. The maximum absolute atomic E-state index is 13.5. The van der Waals surface area contributed by atoms with E-state index in [-0.39, 0.29) is 11.8 Å². The summed E-state index contributed by atoms with van der Waals surface area (Å²) in [6.07, 6.45) is 4.53. The van der Waals surface area contributed by atoms with Gasteiger partial charge >= 0.3 is 0 Å². The van der Waals surface area contributed by atoms with E-state index in [0.29, 0.717) is 5.89 Å². The van der Waals surface area contributed by atoms with Gasteiger partial charge in [0.25, 0.3) is 0 Å². The van der Waals surface area contributed by atoms with Crippen LogP contribution >= 0.6 is 0 Å². The first-order valence-electron chi connectivity index (χ1n) is 12.2. The molecule has 7 nitrogen and oxygen atoms in total. The molecule has 3 aromatic rings. The van der Waals surface area contributed by atoms with Crippen molar-refractivity contribution in [2.75, 3.05) is 49.6 Å². The quantitative estimate of drug-likeness (QED) is 0.573. The minimum atomic E-state index is -0.0238. The molecule has 0 aliphatic carbocycles. The number of pyridine rings is 1. The number of hydrogen-bond acceptors (Lipinski definition) is 6. The maximum atomic E-state index is 13.5. The summed E-state index contributed by atoms with van der Waals surface area (Å²) in [5.41, 5.74) is 3.99. The third-order valence-corrected chi connectivity index (χ3v) is 7.04. The van der Waals surface area contributed by atoms with Gasteiger partial charge in [-0.2, -0.15) is 0 Å². The molecule has 4 heterocycles. The number of carbonyl (C=O) groups excluding carboxylic acids is 1. The number of piperidine rings is 1. The Labute approximate surface area is 201 Å². The van der Waals surface area contributed by atoms with Crippen LogP contribution in [-0.2, 0) is 11.2 Å². The van der Waals surface area contributed by atoms with Crippen molar-refractivity contribution < 1.29 is 9.21 Å². The van der Waals surface area contributed by atoms with Crippen molar-refractivity contribution in [3.63, 3.8) is 0 Å². The van der Waals surface area contributed by atoms with Crippen molar-refractivity contribution in [3.8, 4) is 11.3 Å². The largest absolute Gasteiger partial charge is 0.446 e. The van der Waals surface area contributed by atoms with E-state index < -0.39 is 0 Å². The summed E-state index contributed by atoms with van der Waals surface area (Å²) in [7, 11) is 2.16. The molecule has 0 bridgehead atoms. The van der Waals surface area contributed by atoms with E-state index in [1.54, 1.807) is 0 Å². The Bertz CT molecular complexity index is 1150. The standard InChI is InChI=1S/C27H33N5O2/c1-19-25(29-20(2)34-19)21-8-10-24(11-9-21)32-13-5-7-23(27(32)33)18-22-6-4-12-28-26(22)31-16-14-30(3)15-17-31/h4,6,8-12,23H,5,7,13-18H2,1-3H3. The van der Waals surface area contributed by atoms with Crippen LogP contribution in [0.2, 0.25) is 0 Å². The Hall–Kier alpha value is -3.19. The lowest BCUT2D eigenvalue weighted by Gasteiger charge is -2.35. The number of aromatic nitrogens is 2. The highest BCUT2D eigenvalue weighted by Gasteiger charge is 2.31. The fraction of sp³-hybridized carbons (Fsp3) is 0.444. The van der Waals surface area contributed by atoms with Crippen LogP contribution in [0.4, 0.5) is 11.5 Å². The van der Waals surface area contributed by atoms with Gasteiger partial charge in [-0.15, -0.1) is 0 Å². The molecule has 0 radical (unpaired) electrons. The first-order valence-corrected chi connectivity index (χ1v) is 12.2. The van der Waals surface area contributed by atoms with Crippen LogP contribution < -0.4 is 9.80 Å². The Kier molecular flexibility index (Phi) is 6.37. The number of hydrogen-bond donors (Lipinski definition) is 0. The van der Waals surface area contributed by atoms with Crippen LogP contribution in [0.25, 0.3) is 11.3 Å². The van der Waals surface area contributed by atoms with Crippen molar-refractivity contribution in [3.05, 3.63) is 59.8 Å². The Morgan fingerprint density at radius 3 is 2.50 bits per heavy atom. The first-order chi connectivity index (χ1) is 16.5. The van der Waals surface area contributed by atoms with Gasteiger partial charge < -0.3 is 19.1 Å². The molecule has 2 aromatic heterocycles. The molecule has 5 rings (SSSR count). The van der Waals surface area contributed by atoms with Crippen molar-refractivity contribution >= 4 is 17.4 Å². The number of carbonyl (C=O) groups is 1. The molecule has 1 unspecified atom stereocenters. The highest BCUT2D eigenvalue weighted by Crippen LogP contribution is 2.31. The zero-order valence-corrected chi connectivity index (χ0v) is 20.3. The smallest absolute Gasteiger partial charge is 0.230 e. The summed E-state index contributed by atoms with van der Waals surface area (Å²) >= 11 is 0. The highest BCUT2D eigenvalue weighted by molar-refractivity contribution is 5.96. The van der Waals surface area contributed by atoms with Gasteiger partial charge in [0, 0.05) is 63.0 Å². The van der Waals surface area contributed by atoms with Crippen molar-refractivity contribution in [1.29, 1.82) is 0 Å². The summed E-state index contributed by atoms with van der Waals surface area (Å²) in [4.78, 5) is 29.4. The number of piperazine rings is 1. The number of rotatable bonds is 5. The van der Waals surface area contributed by atoms with Crippen LogP contribution in [0.3, 0.4) is 0 Å². The van der Waals surface area contributed by atoms with Gasteiger partial charge in [0.2, 0.25) is 5.91 Å². The molecular weight excluding hydrogens is 426 g/mol. The lowest BCUT2D eigenvalue weighted by Crippen LogP contribution is -2.45. The van der Waals surface area contributed by atoms with Crippen LogP contribution in [0.1, 0.15) is 30.1 Å². The molecular formula is C27H33N5O2. The molecule has 2 aliphatic heterocycles. The number of benzene rings is 1. The van der Waals surface area contributed by atoms with Crippen LogP contribution in [0, 0.1) is 19.8 Å². The van der Waals surface area contributed by atoms with E-state index >= 15 is 0 Å². The van der Waals surface area contributed by atoms with Gasteiger partial charge in [0.15, 0.2) is 5.89 Å². The molecule has 2 fully saturated rings. The first kappa shape index (κ1) is 22.6. The molecule has 1 aromatic carbocycles. The normalized spacial score (nSPS) is 19.6. The molecule has 2 aliphatic rings. The van der Waals surface area contributed by atoms with Crippen LogP contribution in [0.5, 0.6) is 0 Å². The second-order valence-corrected chi connectivity index (χ2v) is 9.49. The molecule has 7 heteroatoms. The van der Waals surface area contributed by atoms with Crippen LogP contribution in [-0.4, -0.2) is 60.5 Å². The number of amides is 1. The molecule has 0 spiro atoms. The number of aryl methyl sites for hydroxylation is 2. The van der Waals surface area contributed by atoms with E-state index in [4.69, 9.17) is 9.40 Å². The van der Waals surface area contributed by atoms with Crippen molar-refractivity contribution in [2.24, 2.45) is 5.92 Å². The second kappa shape index (κ2) is 9.58. The maximum Gasteiger partial charge on any atom is 0.230 e. The molecule has 34 heavy (non-hydrogen) atoms. The molecule has 0 N–H and O–H groups in total. The Balaban J connectivity index is 1.32. The van der Waals surface area contributed by atoms with Gasteiger partial charge in [-0.05, 0) is 57.0 Å². The minimum absolute atomic E-state index is 0.0238. The summed E-state index contributed by atoms with van der Waals surface area (Å²) in [5, 5.41) is 0. The van der Waals surface area contributed by atoms with Gasteiger partial charge in [-0.1, -0.05) is 18.2 Å². The Morgan fingerprint density at radius 2 is 1.79 bits per heavy atom. The zero-order chi connectivity index (χ0) is 23.7. The van der Waals surface area contributed by atoms with Crippen molar-refractivity contribution in [2.45, 2.75) is 33.1 Å². The summed E-state index contributed by atoms with van der Waals surface area (Å²) in [6, 6.07) is 12.3. The third-order valence-electron chi connectivity index (χ3n) is 7.04. The summed E-state index contributed by atoms with van der Waals surface area (Å²) in [6.45, 7) is 8.57. The number of anilines is 2. The Morgan fingerprint density at radius 1 is 1.03 bits per heavy atom. The molecule has 1 amide bonds. The number of nitrogens with zero attached hydrogens (tertiary/aromatic N) is 5.